The Morgan fingerprint density at radius 3 is 0.816 bits per heavy atom. The van der Waals surface area contributed by atoms with Gasteiger partial charge in [-0.2, -0.15) is 41.5 Å². The van der Waals surface area contributed by atoms with Crippen molar-refractivity contribution in [3.05, 3.63) is 19.3 Å². The topological polar surface area (TPSA) is 9.23 Å². The van der Waals surface area contributed by atoms with Crippen LogP contribution in [0, 0.1) is 43.4 Å². The summed E-state index contributed by atoms with van der Waals surface area (Å²) in [6, 6.07) is 3.82. The van der Waals surface area contributed by atoms with E-state index in [1.165, 1.54) is 43.9 Å². The van der Waals surface area contributed by atoms with Crippen LogP contribution in [-0.2, 0) is 67.7 Å². The van der Waals surface area contributed by atoms with Gasteiger partial charge in [0.25, 0.3) is 0 Å². The monoisotopic (exact) mass is 1270 g/mol. The van der Waals surface area contributed by atoms with Gasteiger partial charge in [-0.15, -0.1) is 12.3 Å². The van der Waals surface area contributed by atoms with Gasteiger partial charge in [-0.3, -0.25) is 0 Å². The van der Waals surface area contributed by atoms with Crippen LogP contribution < -0.4 is 0 Å². The fourth-order valence-corrected chi connectivity index (χ4v) is 3.70. The molecule has 0 aromatic rings. The Kier molecular flexibility index (Phi) is 137. The molecule has 0 aliphatic carbocycles. The van der Waals surface area contributed by atoms with E-state index in [0.29, 0.717) is 6.10 Å². The first-order valence-electron chi connectivity index (χ1n) is 18.6. The molecule has 0 aromatic heterocycles. The molecule has 0 rings (SSSR count). The Morgan fingerprint density at radius 2 is 0.796 bits per heavy atom. The summed E-state index contributed by atoms with van der Waals surface area (Å²) in [6.45, 7) is 54.5. The second-order valence-corrected chi connectivity index (χ2v) is 26.9. The summed E-state index contributed by atoms with van der Waals surface area (Å²) < 4.78 is 5.70. The van der Waals surface area contributed by atoms with E-state index in [0.717, 1.165) is 17.9 Å². The first-order valence-corrected chi connectivity index (χ1v) is 29.5. The standard InChI is InChI=1S/C7H18OP.2C6H14.C5H9Si.2C4H11Si.3C3H7.3W/c1-6-9(4,5)8-7(2)3;3*1-4-5-6(2)3;2*1-4-5(2)3;3*1-3-2;;;/h7H,6H2,1-5H3;2*6H,4-5H2,1-3H3;1H,5H2,2-3H3;2*4H2,1-3H3;3*3H,1-2H3;;;/q+1;;;;;;3*-1;;;. The molecule has 0 amide bonds. The Balaban J connectivity index is -0.0000000319. The maximum atomic E-state index is 5.70. The van der Waals surface area contributed by atoms with Crippen molar-refractivity contribution in [2.75, 3.05) is 19.5 Å². The van der Waals surface area contributed by atoms with Crippen LogP contribution >= 0.6 is 7.49 Å². The van der Waals surface area contributed by atoms with Crippen LogP contribution in [0.2, 0.25) is 57.4 Å². The van der Waals surface area contributed by atoms with Crippen molar-refractivity contribution in [3.8, 4) is 12.3 Å². The molecule has 0 saturated carbocycles. The minimum absolute atomic E-state index is 0. The average Bonchev–Trinajstić information content (AvgIpc) is 2.91. The molecule has 0 bridgehead atoms. The van der Waals surface area contributed by atoms with Gasteiger partial charge in [-0.1, -0.05) is 132 Å². The van der Waals surface area contributed by atoms with Gasteiger partial charge in [0.15, 0.2) is 0 Å². The summed E-state index contributed by atoms with van der Waals surface area (Å²) in [5, 5.41) is 0. The molecule has 0 saturated heterocycles. The van der Waals surface area contributed by atoms with E-state index in [1.807, 2.05) is 60.8 Å². The van der Waals surface area contributed by atoms with Gasteiger partial charge >= 0.3 is 0 Å². The zero-order valence-corrected chi connectivity index (χ0v) is 51.5. The van der Waals surface area contributed by atoms with Crippen molar-refractivity contribution >= 4 is 33.9 Å². The molecule has 0 unspecified atom stereocenters. The van der Waals surface area contributed by atoms with Crippen molar-refractivity contribution in [3.63, 3.8) is 0 Å². The van der Waals surface area contributed by atoms with Crippen molar-refractivity contribution in [1.82, 2.24) is 0 Å². The van der Waals surface area contributed by atoms with Crippen LogP contribution in [0.25, 0.3) is 0 Å². The second-order valence-electron chi connectivity index (χ2n) is 13.9. The van der Waals surface area contributed by atoms with Gasteiger partial charge in [-0.05, 0) is 32.6 Å². The summed E-state index contributed by atoms with van der Waals surface area (Å²) in [5.74, 6) is 4.41. The molecule has 0 aliphatic rings. The van der Waals surface area contributed by atoms with E-state index in [-0.39, 0.29) is 89.6 Å². The van der Waals surface area contributed by atoms with Crippen LogP contribution in [0.3, 0.4) is 0 Å². The summed E-state index contributed by atoms with van der Waals surface area (Å²) >= 11 is 0. The van der Waals surface area contributed by atoms with E-state index in [9.17, 15) is 0 Å². The Morgan fingerprint density at radius 1 is 0.571 bits per heavy atom. The van der Waals surface area contributed by atoms with Crippen molar-refractivity contribution < 1.29 is 67.7 Å². The summed E-state index contributed by atoms with van der Waals surface area (Å²) in [6.07, 6.45) is 18.0. The van der Waals surface area contributed by atoms with Crippen LogP contribution in [0.15, 0.2) is 0 Å². The largest absolute Gasteiger partial charge is 0.335 e. The third-order valence-corrected chi connectivity index (χ3v) is 11.1. The first-order chi connectivity index (χ1) is 21.1. The van der Waals surface area contributed by atoms with E-state index in [4.69, 9.17) is 10.9 Å². The summed E-state index contributed by atoms with van der Waals surface area (Å²) in [5.41, 5.74) is 0. The molecule has 0 atom stereocenters. The molecule has 0 fully saturated rings. The van der Waals surface area contributed by atoms with Gasteiger partial charge in [-0.25, -0.2) is 4.52 Å². The minimum atomic E-state index is -0.980. The summed E-state index contributed by atoms with van der Waals surface area (Å²) in [7, 11) is -0.849. The maximum Gasteiger partial charge on any atom is 0.139 e. The molecule has 305 valence electrons. The third kappa shape index (κ3) is 214. The van der Waals surface area contributed by atoms with Crippen LogP contribution in [0.5, 0.6) is 0 Å². The zero-order chi connectivity index (χ0) is 39.2. The molecule has 0 spiro atoms. The minimum Gasteiger partial charge on any atom is -0.335 e. The fourth-order valence-electron chi connectivity index (χ4n) is 2.00. The molecule has 49 heavy (non-hydrogen) atoms. The molecule has 0 N–H and O–H groups in total. The SMILES string of the molecule is C#CC[Si](C)C.CCCC(C)C.CCCC(C)C.CC[P+](C)(C)OC(C)C.CC[Si](C)C.CC[Si](C)C.C[CH-]C.C[CH-]C.C[CH-]C.[W].[W].[W]. The average molecular weight is 1270 g/mol. The molecule has 3 radical (unpaired) electrons. The smallest absolute Gasteiger partial charge is 0.139 e. The van der Waals surface area contributed by atoms with Crippen molar-refractivity contribution in [2.24, 2.45) is 11.8 Å². The van der Waals surface area contributed by atoms with Gasteiger partial charge in [0.1, 0.15) is 7.49 Å². The van der Waals surface area contributed by atoms with E-state index >= 15 is 0 Å². The Bertz CT molecular complexity index is 451. The van der Waals surface area contributed by atoms with Gasteiger partial charge in [0, 0.05) is 86.8 Å². The van der Waals surface area contributed by atoms with Crippen molar-refractivity contribution in [2.45, 2.75) is 207 Å². The van der Waals surface area contributed by atoms with Crippen LogP contribution in [0.4, 0.5) is 0 Å². The fraction of sp³-hybridized carbons (Fsp3) is 0.878. The number of terminal acetylenes is 1. The van der Waals surface area contributed by atoms with Crippen LogP contribution in [-0.4, -0.2) is 52.0 Å². The molecule has 8 heteroatoms. The molecule has 0 heterocycles. The van der Waals surface area contributed by atoms with E-state index in [1.54, 1.807) is 0 Å². The quantitative estimate of drug-likeness (QED) is 0.0917. The predicted octanol–water partition coefficient (Wildman–Crippen LogP) is 16.1. The Labute approximate surface area is 368 Å². The normalized spacial score (nSPS) is 8.86. The van der Waals surface area contributed by atoms with Gasteiger partial charge < -0.3 is 19.3 Å². The number of hydrogen-bond acceptors (Lipinski definition) is 1. The Hall–Kier alpha value is 2.67. The number of rotatable bonds is 10. The number of hydrogen-bond donors (Lipinski definition) is 0. The van der Waals surface area contributed by atoms with Crippen molar-refractivity contribution in [1.29, 1.82) is 0 Å². The first kappa shape index (κ1) is 84.3. The van der Waals surface area contributed by atoms with E-state index < -0.39 is 7.49 Å². The second kappa shape index (κ2) is 79.4. The molecule has 0 aliphatic heterocycles. The predicted molar refractivity (Wildman–Crippen MR) is 239 cm³/mol. The molecular weight excluding hydrogens is 1180 g/mol. The maximum absolute atomic E-state index is 5.70. The molecule has 0 aromatic carbocycles. The van der Waals surface area contributed by atoms with E-state index in [2.05, 4.69) is 135 Å². The molecule has 1 nitrogen and oxygen atoms in total. The van der Waals surface area contributed by atoms with Gasteiger partial charge in [0.05, 0.1) is 34.4 Å². The van der Waals surface area contributed by atoms with Crippen LogP contribution in [0.1, 0.15) is 143 Å². The third-order valence-electron chi connectivity index (χ3n) is 4.86. The van der Waals surface area contributed by atoms with Gasteiger partial charge in [0.2, 0.25) is 0 Å². The zero-order valence-electron chi connectivity index (χ0n) is 38.8. The summed E-state index contributed by atoms with van der Waals surface area (Å²) in [4.78, 5) is 0. The molecular formula is C41H98OPSi3W3-2.